The summed E-state index contributed by atoms with van der Waals surface area (Å²) < 4.78 is 0. The first kappa shape index (κ1) is 10.0. The first-order valence-corrected chi connectivity index (χ1v) is 4.92. The molecule has 1 heterocycles. The van der Waals surface area contributed by atoms with E-state index < -0.39 is 0 Å². The lowest BCUT2D eigenvalue weighted by Gasteiger charge is -2.44. The van der Waals surface area contributed by atoms with Gasteiger partial charge in [0, 0.05) is 30.7 Å². The maximum absolute atomic E-state index is 3.60. The number of hydrogen-bond donors (Lipinski definition) is 1. The Kier molecular flexibility index (Phi) is 2.79. The third-order valence-electron chi connectivity index (χ3n) is 2.47. The van der Waals surface area contributed by atoms with E-state index >= 15 is 0 Å². The molecule has 0 unspecified atom stereocenters. The van der Waals surface area contributed by atoms with Gasteiger partial charge >= 0.3 is 0 Å². The highest BCUT2D eigenvalue weighted by atomic mass is 15.2. The number of hydrogen-bond acceptors (Lipinski definition) is 2. The molecule has 1 rings (SSSR count). The highest BCUT2D eigenvalue weighted by Crippen LogP contribution is 2.15. The fourth-order valence-electron chi connectivity index (χ4n) is 2.08. The van der Waals surface area contributed by atoms with Crippen LogP contribution >= 0.6 is 0 Å². The van der Waals surface area contributed by atoms with E-state index in [1.807, 2.05) is 0 Å². The summed E-state index contributed by atoms with van der Waals surface area (Å²) in [7, 11) is 0. The lowest BCUT2D eigenvalue weighted by atomic mass is 9.98. The van der Waals surface area contributed by atoms with Crippen molar-refractivity contribution >= 4 is 0 Å². The van der Waals surface area contributed by atoms with Gasteiger partial charge < -0.3 is 5.32 Å². The highest BCUT2D eigenvalue weighted by Gasteiger charge is 2.30. The molecule has 1 atom stereocenters. The van der Waals surface area contributed by atoms with Crippen LogP contribution in [0.15, 0.2) is 0 Å². The number of nitrogens with zero attached hydrogens (tertiary/aromatic N) is 1. The second-order valence-corrected chi connectivity index (χ2v) is 4.95. The average Bonchev–Trinajstić information content (AvgIpc) is 1.82. The molecular weight excluding hydrogens is 148 g/mol. The van der Waals surface area contributed by atoms with E-state index in [1.165, 1.54) is 6.54 Å². The average molecular weight is 170 g/mol. The summed E-state index contributed by atoms with van der Waals surface area (Å²) in [5.41, 5.74) is 0.280. The quantitative estimate of drug-likeness (QED) is 0.641. The molecule has 0 bridgehead atoms. The van der Waals surface area contributed by atoms with Crippen LogP contribution in [0.3, 0.4) is 0 Å². The minimum atomic E-state index is 0.280. The van der Waals surface area contributed by atoms with Crippen molar-refractivity contribution in [2.24, 2.45) is 0 Å². The minimum absolute atomic E-state index is 0.280. The van der Waals surface area contributed by atoms with E-state index in [-0.39, 0.29) is 5.54 Å². The van der Waals surface area contributed by atoms with Crippen molar-refractivity contribution in [1.29, 1.82) is 0 Å². The fraction of sp³-hybridized carbons (Fsp3) is 1.00. The Hall–Kier alpha value is -0.0800. The molecule has 1 aliphatic rings. The number of nitrogens with one attached hydrogen (secondary N) is 1. The standard InChI is InChI=1S/C10H22N2/c1-8(2)12-6-9(3)11-10(4,5)7-12/h8-9,11H,6-7H2,1-5H3/t9-/m1/s1. The molecule has 1 saturated heterocycles. The van der Waals surface area contributed by atoms with Gasteiger partial charge in [0.25, 0.3) is 0 Å². The smallest absolute Gasteiger partial charge is 0.0255 e. The SMILES string of the molecule is CC(C)N1C[C@@H](C)NC(C)(C)C1. The van der Waals surface area contributed by atoms with Gasteiger partial charge in [-0.15, -0.1) is 0 Å². The molecule has 0 saturated carbocycles. The van der Waals surface area contributed by atoms with Crippen LogP contribution in [-0.2, 0) is 0 Å². The van der Waals surface area contributed by atoms with Gasteiger partial charge in [0.05, 0.1) is 0 Å². The highest BCUT2D eigenvalue weighted by molar-refractivity contribution is 4.91. The van der Waals surface area contributed by atoms with E-state index in [0.717, 1.165) is 6.54 Å². The van der Waals surface area contributed by atoms with Crippen molar-refractivity contribution in [1.82, 2.24) is 10.2 Å². The molecule has 1 aliphatic heterocycles. The third-order valence-corrected chi connectivity index (χ3v) is 2.47. The summed E-state index contributed by atoms with van der Waals surface area (Å²) in [6.07, 6.45) is 0. The van der Waals surface area contributed by atoms with Crippen molar-refractivity contribution in [2.75, 3.05) is 13.1 Å². The van der Waals surface area contributed by atoms with Crippen LogP contribution in [0.2, 0.25) is 0 Å². The Balaban J connectivity index is 2.58. The summed E-state index contributed by atoms with van der Waals surface area (Å²) in [6.45, 7) is 13.7. The van der Waals surface area contributed by atoms with Crippen LogP contribution in [0.25, 0.3) is 0 Å². The van der Waals surface area contributed by atoms with Gasteiger partial charge in [-0.05, 0) is 34.6 Å². The van der Waals surface area contributed by atoms with Gasteiger partial charge in [-0.25, -0.2) is 0 Å². The van der Waals surface area contributed by atoms with Crippen molar-refractivity contribution in [3.63, 3.8) is 0 Å². The van der Waals surface area contributed by atoms with Gasteiger partial charge in [-0.1, -0.05) is 0 Å². The van der Waals surface area contributed by atoms with Gasteiger partial charge in [-0.2, -0.15) is 0 Å². The molecule has 72 valence electrons. The maximum Gasteiger partial charge on any atom is 0.0255 e. The second kappa shape index (κ2) is 3.35. The molecule has 0 aliphatic carbocycles. The summed E-state index contributed by atoms with van der Waals surface area (Å²) >= 11 is 0. The van der Waals surface area contributed by atoms with Crippen molar-refractivity contribution in [2.45, 2.75) is 52.2 Å². The topological polar surface area (TPSA) is 15.3 Å². The molecule has 0 aromatic heterocycles. The molecule has 0 amide bonds. The van der Waals surface area contributed by atoms with Crippen LogP contribution in [0, 0.1) is 0 Å². The first-order chi connectivity index (χ1) is 5.41. The molecule has 1 fully saturated rings. The predicted octanol–water partition coefficient (Wildman–Crippen LogP) is 1.47. The van der Waals surface area contributed by atoms with E-state index in [2.05, 4.69) is 44.8 Å². The van der Waals surface area contributed by atoms with Crippen molar-refractivity contribution in [3.8, 4) is 0 Å². The van der Waals surface area contributed by atoms with E-state index in [9.17, 15) is 0 Å². The van der Waals surface area contributed by atoms with Gasteiger partial charge in [-0.3, -0.25) is 4.90 Å². The largest absolute Gasteiger partial charge is 0.307 e. The zero-order valence-corrected chi connectivity index (χ0v) is 9.02. The molecule has 0 aromatic carbocycles. The van der Waals surface area contributed by atoms with E-state index in [0.29, 0.717) is 12.1 Å². The van der Waals surface area contributed by atoms with Crippen LogP contribution in [0.5, 0.6) is 0 Å². The Labute approximate surface area is 76.3 Å². The lowest BCUT2D eigenvalue weighted by molar-refractivity contribution is 0.0966. The number of rotatable bonds is 1. The number of piperazine rings is 1. The van der Waals surface area contributed by atoms with Gasteiger partial charge in [0.2, 0.25) is 0 Å². The third kappa shape index (κ3) is 2.46. The lowest BCUT2D eigenvalue weighted by Crippen LogP contribution is -2.62. The predicted molar refractivity (Wildman–Crippen MR) is 53.4 cm³/mol. The summed E-state index contributed by atoms with van der Waals surface area (Å²) in [5.74, 6) is 0. The molecule has 2 nitrogen and oxygen atoms in total. The van der Waals surface area contributed by atoms with E-state index in [4.69, 9.17) is 0 Å². The van der Waals surface area contributed by atoms with Gasteiger partial charge in [0.1, 0.15) is 0 Å². The molecule has 0 radical (unpaired) electrons. The minimum Gasteiger partial charge on any atom is -0.307 e. The first-order valence-electron chi connectivity index (χ1n) is 4.92. The van der Waals surface area contributed by atoms with Crippen LogP contribution in [0.1, 0.15) is 34.6 Å². The molecule has 1 N–H and O–H groups in total. The molecule has 0 spiro atoms. The van der Waals surface area contributed by atoms with E-state index in [1.54, 1.807) is 0 Å². The molecule has 0 aromatic rings. The molecular formula is C10H22N2. The van der Waals surface area contributed by atoms with Crippen molar-refractivity contribution < 1.29 is 0 Å². The molecule has 2 heteroatoms. The van der Waals surface area contributed by atoms with Gasteiger partial charge in [0.15, 0.2) is 0 Å². The Morgan fingerprint density at radius 3 is 2.42 bits per heavy atom. The maximum atomic E-state index is 3.60. The van der Waals surface area contributed by atoms with Crippen molar-refractivity contribution in [3.05, 3.63) is 0 Å². The Morgan fingerprint density at radius 2 is 2.00 bits per heavy atom. The zero-order chi connectivity index (χ0) is 9.35. The monoisotopic (exact) mass is 170 g/mol. The summed E-state index contributed by atoms with van der Waals surface area (Å²) in [5, 5.41) is 3.60. The Bertz CT molecular complexity index is 152. The van der Waals surface area contributed by atoms with Crippen LogP contribution in [-0.4, -0.2) is 35.6 Å². The van der Waals surface area contributed by atoms with Crippen LogP contribution < -0.4 is 5.32 Å². The fourth-order valence-corrected chi connectivity index (χ4v) is 2.08. The molecule has 12 heavy (non-hydrogen) atoms. The summed E-state index contributed by atoms with van der Waals surface area (Å²) in [4.78, 5) is 2.54. The Morgan fingerprint density at radius 1 is 1.42 bits per heavy atom. The van der Waals surface area contributed by atoms with Crippen LogP contribution in [0.4, 0.5) is 0 Å². The zero-order valence-electron chi connectivity index (χ0n) is 9.02. The summed E-state index contributed by atoms with van der Waals surface area (Å²) in [6, 6.07) is 1.30. The normalized spacial score (nSPS) is 31.0. The second-order valence-electron chi connectivity index (χ2n) is 4.95.